The maximum absolute atomic E-state index is 11.8. The molecule has 0 saturated carbocycles. The smallest absolute Gasteiger partial charge is 0.328 e. The van der Waals surface area contributed by atoms with Crippen LogP contribution in [0.2, 0.25) is 5.02 Å². The third kappa shape index (κ3) is 2.87. The van der Waals surface area contributed by atoms with Gasteiger partial charge in [0.05, 0.1) is 12.1 Å². The van der Waals surface area contributed by atoms with Gasteiger partial charge < -0.3 is 9.64 Å². The molecule has 0 N–H and O–H groups in total. The van der Waals surface area contributed by atoms with E-state index in [2.05, 4.69) is 4.98 Å². The lowest BCUT2D eigenvalue weighted by atomic mass is 10.0. The molecule has 0 aliphatic carbocycles. The third-order valence-electron chi connectivity index (χ3n) is 3.23. The van der Waals surface area contributed by atoms with Gasteiger partial charge in [-0.05, 0) is 25.3 Å². The average molecular weight is 283 g/mol. The van der Waals surface area contributed by atoms with Crippen LogP contribution in [0.4, 0.5) is 5.82 Å². The minimum Gasteiger partial charge on any atom is -0.467 e. The molecule has 2 heterocycles. The Morgan fingerprint density at radius 3 is 3.00 bits per heavy atom. The Balaban J connectivity index is 2.32. The summed E-state index contributed by atoms with van der Waals surface area (Å²) in [6.07, 6.45) is 4.81. The first kappa shape index (κ1) is 13.8. The van der Waals surface area contributed by atoms with E-state index >= 15 is 0 Å². The molecule has 0 amide bonds. The summed E-state index contributed by atoms with van der Waals surface area (Å²) in [4.78, 5) is 28.5. The van der Waals surface area contributed by atoms with Crippen molar-refractivity contribution in [3.05, 3.63) is 22.8 Å². The van der Waals surface area contributed by atoms with Gasteiger partial charge in [0, 0.05) is 18.3 Å². The second-order valence-corrected chi connectivity index (χ2v) is 4.83. The van der Waals surface area contributed by atoms with Crippen LogP contribution in [0.3, 0.4) is 0 Å². The molecule has 5 nitrogen and oxygen atoms in total. The Hall–Kier alpha value is -1.62. The molecule has 1 aromatic rings. The summed E-state index contributed by atoms with van der Waals surface area (Å²) >= 11 is 6.14. The van der Waals surface area contributed by atoms with Crippen molar-refractivity contribution in [1.29, 1.82) is 0 Å². The monoisotopic (exact) mass is 282 g/mol. The molecule has 1 aromatic heterocycles. The number of esters is 1. The summed E-state index contributed by atoms with van der Waals surface area (Å²) in [7, 11) is 1.37. The standard InChI is InChI=1S/C13H15ClN2O3/c1-19-13(18)11-4-2-3-5-16(11)12-10(14)6-9(8-17)7-15-12/h6-8,11H,2-5H2,1H3. The van der Waals surface area contributed by atoms with Gasteiger partial charge in [0.2, 0.25) is 0 Å². The number of carbonyl (C=O) groups is 2. The van der Waals surface area contributed by atoms with E-state index in [1.807, 2.05) is 4.90 Å². The van der Waals surface area contributed by atoms with Gasteiger partial charge in [-0.25, -0.2) is 9.78 Å². The first-order chi connectivity index (χ1) is 9.17. The second-order valence-electron chi connectivity index (χ2n) is 4.42. The Labute approximate surface area is 116 Å². The highest BCUT2D eigenvalue weighted by molar-refractivity contribution is 6.33. The number of aldehydes is 1. The summed E-state index contributed by atoms with van der Waals surface area (Å²) < 4.78 is 4.82. The number of hydrogen-bond acceptors (Lipinski definition) is 5. The zero-order chi connectivity index (χ0) is 13.8. The zero-order valence-corrected chi connectivity index (χ0v) is 11.4. The van der Waals surface area contributed by atoms with Crippen molar-refractivity contribution >= 4 is 29.7 Å². The molecular weight excluding hydrogens is 268 g/mol. The van der Waals surface area contributed by atoms with Crippen molar-refractivity contribution < 1.29 is 14.3 Å². The highest BCUT2D eigenvalue weighted by Gasteiger charge is 2.31. The van der Waals surface area contributed by atoms with Gasteiger partial charge in [-0.1, -0.05) is 11.6 Å². The van der Waals surface area contributed by atoms with Crippen LogP contribution in [0.25, 0.3) is 0 Å². The van der Waals surface area contributed by atoms with E-state index in [-0.39, 0.29) is 12.0 Å². The fraction of sp³-hybridized carbons (Fsp3) is 0.462. The Morgan fingerprint density at radius 2 is 2.37 bits per heavy atom. The molecule has 1 aliphatic heterocycles. The van der Waals surface area contributed by atoms with E-state index < -0.39 is 0 Å². The lowest BCUT2D eigenvalue weighted by molar-refractivity contribution is -0.142. The lowest BCUT2D eigenvalue weighted by Crippen LogP contribution is -2.46. The molecule has 1 fully saturated rings. The van der Waals surface area contributed by atoms with Crippen molar-refractivity contribution in [2.45, 2.75) is 25.3 Å². The first-order valence-electron chi connectivity index (χ1n) is 6.12. The molecule has 0 aromatic carbocycles. The van der Waals surface area contributed by atoms with Gasteiger partial charge in [0.1, 0.15) is 11.9 Å². The zero-order valence-electron chi connectivity index (χ0n) is 10.6. The number of anilines is 1. The van der Waals surface area contributed by atoms with Gasteiger partial charge in [0.15, 0.2) is 6.29 Å². The van der Waals surface area contributed by atoms with Crippen molar-refractivity contribution in [3.63, 3.8) is 0 Å². The van der Waals surface area contributed by atoms with Crippen molar-refractivity contribution in [1.82, 2.24) is 4.98 Å². The number of methoxy groups -OCH3 is 1. The van der Waals surface area contributed by atoms with E-state index in [1.54, 1.807) is 6.07 Å². The Bertz CT molecular complexity index is 493. The highest BCUT2D eigenvalue weighted by atomic mass is 35.5. The summed E-state index contributed by atoms with van der Waals surface area (Å²) in [5.74, 6) is 0.249. The molecule has 0 bridgehead atoms. The maximum atomic E-state index is 11.8. The summed E-state index contributed by atoms with van der Waals surface area (Å²) in [5, 5.41) is 0.375. The minimum atomic E-state index is -0.356. The van der Waals surface area contributed by atoms with Crippen molar-refractivity contribution in [2.24, 2.45) is 0 Å². The number of rotatable bonds is 3. The number of pyridine rings is 1. The van der Waals surface area contributed by atoms with Crippen molar-refractivity contribution in [2.75, 3.05) is 18.6 Å². The van der Waals surface area contributed by atoms with Crippen LogP contribution in [0.15, 0.2) is 12.3 Å². The number of piperidine rings is 1. The quantitative estimate of drug-likeness (QED) is 0.627. The topological polar surface area (TPSA) is 59.5 Å². The molecule has 19 heavy (non-hydrogen) atoms. The van der Waals surface area contributed by atoms with Crippen LogP contribution >= 0.6 is 11.6 Å². The third-order valence-corrected chi connectivity index (χ3v) is 3.51. The van der Waals surface area contributed by atoms with E-state index in [4.69, 9.17) is 16.3 Å². The van der Waals surface area contributed by atoms with E-state index in [1.165, 1.54) is 13.3 Å². The summed E-state index contributed by atoms with van der Waals surface area (Å²) in [6.45, 7) is 0.701. The van der Waals surface area contributed by atoms with Crippen molar-refractivity contribution in [3.8, 4) is 0 Å². The second kappa shape index (κ2) is 6.02. The fourth-order valence-corrected chi connectivity index (χ4v) is 2.57. The van der Waals surface area contributed by atoms with Gasteiger partial charge in [-0.3, -0.25) is 4.79 Å². The number of aromatic nitrogens is 1. The molecule has 0 radical (unpaired) electrons. The number of hydrogen-bond donors (Lipinski definition) is 0. The molecule has 1 aliphatic rings. The van der Waals surface area contributed by atoms with Gasteiger partial charge in [0.25, 0.3) is 0 Å². The number of carbonyl (C=O) groups excluding carboxylic acids is 2. The van der Waals surface area contributed by atoms with E-state index in [9.17, 15) is 9.59 Å². The van der Waals surface area contributed by atoms with Crippen LogP contribution in [0.5, 0.6) is 0 Å². The predicted octanol–water partition coefficient (Wildman–Crippen LogP) is 2.08. The normalized spacial score (nSPS) is 19.1. The predicted molar refractivity (Wildman–Crippen MR) is 71.6 cm³/mol. The Kier molecular flexibility index (Phi) is 4.37. The van der Waals surface area contributed by atoms with Gasteiger partial charge in [-0.15, -0.1) is 0 Å². The fourth-order valence-electron chi connectivity index (χ4n) is 2.29. The van der Waals surface area contributed by atoms with Gasteiger partial charge in [-0.2, -0.15) is 0 Å². The summed E-state index contributed by atoms with van der Waals surface area (Å²) in [6, 6.07) is 1.20. The number of nitrogens with zero attached hydrogens (tertiary/aromatic N) is 2. The van der Waals surface area contributed by atoms with Crippen LogP contribution in [-0.2, 0) is 9.53 Å². The Morgan fingerprint density at radius 1 is 1.58 bits per heavy atom. The van der Waals surface area contributed by atoms with Crippen LogP contribution in [0.1, 0.15) is 29.6 Å². The number of ether oxygens (including phenoxy) is 1. The molecule has 2 rings (SSSR count). The molecule has 1 unspecified atom stereocenters. The SMILES string of the molecule is COC(=O)C1CCCCN1c1ncc(C=O)cc1Cl. The van der Waals surface area contributed by atoms with E-state index in [0.29, 0.717) is 29.2 Å². The highest BCUT2D eigenvalue weighted by Crippen LogP contribution is 2.30. The van der Waals surface area contributed by atoms with Crippen LogP contribution in [0, 0.1) is 0 Å². The average Bonchev–Trinajstić information content (AvgIpc) is 2.46. The molecule has 1 atom stereocenters. The van der Waals surface area contributed by atoms with Crippen LogP contribution < -0.4 is 4.90 Å². The summed E-state index contributed by atoms with van der Waals surface area (Å²) in [5.41, 5.74) is 0.417. The molecule has 6 heteroatoms. The molecular formula is C13H15ClN2O3. The van der Waals surface area contributed by atoms with Gasteiger partial charge >= 0.3 is 5.97 Å². The van der Waals surface area contributed by atoms with E-state index in [0.717, 1.165) is 19.3 Å². The minimum absolute atomic E-state index is 0.281. The molecule has 102 valence electrons. The largest absolute Gasteiger partial charge is 0.467 e. The molecule has 0 spiro atoms. The maximum Gasteiger partial charge on any atom is 0.328 e. The number of halogens is 1. The first-order valence-corrected chi connectivity index (χ1v) is 6.50. The molecule has 1 saturated heterocycles. The lowest BCUT2D eigenvalue weighted by Gasteiger charge is -2.35. The van der Waals surface area contributed by atoms with Crippen LogP contribution in [-0.4, -0.2) is 36.9 Å².